The zero-order valence-corrected chi connectivity index (χ0v) is 13.7. The number of carbonyl (C=O) groups excluding carboxylic acids is 1. The van der Waals surface area contributed by atoms with E-state index in [0.717, 1.165) is 0 Å². The summed E-state index contributed by atoms with van der Waals surface area (Å²) in [4.78, 5) is 22.7. The highest BCUT2D eigenvalue weighted by Crippen LogP contribution is 2.34. The lowest BCUT2D eigenvalue weighted by molar-refractivity contribution is -0.292. The van der Waals surface area contributed by atoms with Crippen molar-refractivity contribution in [3.63, 3.8) is 0 Å². The molecule has 7 atom stereocenters. The van der Waals surface area contributed by atoms with Crippen molar-refractivity contribution >= 4 is 22.0 Å². The second-order valence-corrected chi connectivity index (χ2v) is 7.04. The van der Waals surface area contributed by atoms with Crippen LogP contribution in [0, 0.1) is 0 Å². The molecule has 0 aromatic carbocycles. The van der Waals surface area contributed by atoms with Crippen LogP contribution in [0.5, 0.6) is 0 Å². The number of aliphatic hydroxyl groups excluding tert-OH is 5. The fourth-order valence-electron chi connectivity index (χ4n) is 2.52. The molecular weight excluding hydrogens is 386 g/mol. The number of nitrogens with one attached hydrogen (secondary N) is 1. The van der Waals surface area contributed by atoms with Crippen LogP contribution in [0.2, 0.25) is 0 Å². The molecule has 1 rings (SSSR count). The summed E-state index contributed by atoms with van der Waals surface area (Å²) >= 11 is 0. The van der Waals surface area contributed by atoms with Gasteiger partial charge >= 0.3 is 5.97 Å². The van der Waals surface area contributed by atoms with Crippen LogP contribution in [0.1, 0.15) is 0 Å². The van der Waals surface area contributed by atoms with Gasteiger partial charge in [0.05, 0.1) is 12.6 Å². The molecule has 1 aliphatic heterocycles. The largest absolute Gasteiger partial charge is 0.477 e. The average molecular weight is 405 g/mol. The predicted octanol–water partition coefficient (Wildman–Crippen LogP) is -6.03. The maximum absolute atomic E-state index is 11.5. The summed E-state index contributed by atoms with van der Waals surface area (Å²) in [6.07, 6.45) is -8.98. The summed E-state index contributed by atoms with van der Waals surface area (Å²) in [5, 5.41) is 65.2. The van der Waals surface area contributed by atoms with Crippen LogP contribution < -0.4 is 5.32 Å². The molecule has 26 heavy (non-hydrogen) atoms. The number of aliphatic hydroxyl groups is 6. The lowest BCUT2D eigenvalue weighted by Gasteiger charge is -2.47. The summed E-state index contributed by atoms with van der Waals surface area (Å²) in [6, 6.07) is -2.02. The second-order valence-electron chi connectivity index (χ2n) is 5.50. The second kappa shape index (κ2) is 8.07. The first kappa shape index (κ1) is 22.6. The monoisotopic (exact) mass is 405 g/mol. The Hall–Kier alpha value is -1.43. The molecule has 0 spiro atoms. The van der Waals surface area contributed by atoms with Gasteiger partial charge in [0.25, 0.3) is 15.9 Å². The maximum atomic E-state index is 11.5. The van der Waals surface area contributed by atoms with Crippen molar-refractivity contribution in [2.24, 2.45) is 0 Å². The number of rotatable bonds is 7. The number of ether oxygens (including phenoxy) is 1. The first-order chi connectivity index (χ1) is 11.8. The summed E-state index contributed by atoms with van der Waals surface area (Å²) in [6.45, 7) is -2.26. The van der Waals surface area contributed by atoms with Gasteiger partial charge in [0.2, 0.25) is 5.91 Å². The quantitative estimate of drug-likeness (QED) is 0.179. The van der Waals surface area contributed by atoms with E-state index in [2.05, 4.69) is 4.74 Å². The van der Waals surface area contributed by atoms with Crippen molar-refractivity contribution in [1.82, 2.24) is 5.32 Å². The topological polar surface area (TPSA) is 251 Å². The Labute approximate surface area is 146 Å². The zero-order chi connectivity index (χ0) is 20.4. The summed E-state index contributed by atoms with van der Waals surface area (Å²) in [7, 11) is -5.49. The highest BCUT2D eigenvalue weighted by molar-refractivity contribution is 7.86. The highest BCUT2D eigenvalue weighted by Gasteiger charge is 2.65. The van der Waals surface area contributed by atoms with Gasteiger partial charge in [-0.1, -0.05) is 0 Å². The van der Waals surface area contributed by atoms with Crippen LogP contribution in [0.4, 0.5) is 0 Å². The Morgan fingerprint density at radius 3 is 2.15 bits per heavy atom. The Morgan fingerprint density at radius 2 is 1.77 bits per heavy atom. The molecule has 1 amide bonds. The molecule has 0 aromatic heterocycles. The van der Waals surface area contributed by atoms with Crippen LogP contribution in [-0.2, 0) is 24.4 Å². The Kier molecular flexibility index (Phi) is 7.02. The fraction of sp³-hybridized carbons (Fsp3) is 0.818. The number of amides is 1. The fourth-order valence-corrected chi connectivity index (χ4v) is 3.60. The normalized spacial score (nSPS) is 34.7. The third kappa shape index (κ3) is 4.27. The van der Waals surface area contributed by atoms with Gasteiger partial charge in [-0.2, -0.15) is 8.42 Å². The highest BCUT2D eigenvalue weighted by atomic mass is 32.2. The minimum Gasteiger partial charge on any atom is -0.477 e. The molecule has 0 aliphatic carbocycles. The van der Waals surface area contributed by atoms with Crippen molar-refractivity contribution in [1.29, 1.82) is 0 Å². The smallest absolute Gasteiger partial charge is 0.365 e. The van der Waals surface area contributed by atoms with Crippen LogP contribution in [0.15, 0.2) is 0 Å². The van der Waals surface area contributed by atoms with Gasteiger partial charge in [0, 0.05) is 0 Å². The van der Waals surface area contributed by atoms with E-state index in [4.69, 9.17) is 15.3 Å². The molecule has 1 heterocycles. The minimum atomic E-state index is -5.49. The number of hydrogen-bond donors (Lipinski definition) is 9. The van der Waals surface area contributed by atoms with E-state index < -0.39 is 76.7 Å². The van der Waals surface area contributed by atoms with E-state index in [0.29, 0.717) is 0 Å². The predicted molar refractivity (Wildman–Crippen MR) is 76.9 cm³/mol. The Balaban J connectivity index is 3.48. The lowest BCUT2D eigenvalue weighted by Crippen LogP contribution is -2.75. The van der Waals surface area contributed by atoms with Crippen molar-refractivity contribution in [2.45, 2.75) is 41.5 Å². The first-order valence-corrected chi connectivity index (χ1v) is 8.46. The molecule has 2 unspecified atom stereocenters. The Bertz CT molecular complexity index is 638. The van der Waals surface area contributed by atoms with Gasteiger partial charge in [-0.05, 0) is 0 Å². The SMILES string of the molecule is O=C(CO)N[C@H]1[C@H]([C@H](O)[C@H](O)CO)OC(O)(C(=O)O)C(S(=O)(=O)O)[C@@H]1O. The lowest BCUT2D eigenvalue weighted by atomic mass is 9.88. The summed E-state index contributed by atoms with van der Waals surface area (Å²) in [5.74, 6) is -7.39. The molecule has 1 fully saturated rings. The molecule has 15 heteroatoms. The third-order valence-electron chi connectivity index (χ3n) is 3.75. The molecule has 0 bridgehead atoms. The molecule has 152 valence electrons. The molecule has 14 nitrogen and oxygen atoms in total. The van der Waals surface area contributed by atoms with Gasteiger partial charge < -0.3 is 45.8 Å². The van der Waals surface area contributed by atoms with Crippen LogP contribution in [-0.4, -0.2) is 115 Å². The number of carboxylic acids is 1. The molecule has 1 aliphatic rings. The standard InChI is InChI=1S/C11H19NO13S/c13-1-3(15)6(17)8-5(12-4(16)2-14)7(18)9(26(22,23)24)11(21,25-8)10(19)20/h3,5-9,13-15,17-18,21H,1-2H2,(H,12,16)(H,19,20)(H,22,23,24)/t3-,5-,6-,7-,8-,9?,11?/m1/s1. The van der Waals surface area contributed by atoms with Crippen molar-refractivity contribution in [2.75, 3.05) is 13.2 Å². The number of hydrogen-bond acceptors (Lipinski definition) is 11. The van der Waals surface area contributed by atoms with E-state index in [-0.39, 0.29) is 0 Å². The van der Waals surface area contributed by atoms with Crippen molar-refractivity contribution < 1.29 is 63.0 Å². The molecular formula is C11H19NO13S. The Morgan fingerprint density at radius 1 is 1.23 bits per heavy atom. The zero-order valence-electron chi connectivity index (χ0n) is 12.9. The molecule has 9 N–H and O–H groups in total. The van der Waals surface area contributed by atoms with Gasteiger partial charge in [-0.3, -0.25) is 9.35 Å². The minimum absolute atomic E-state index is 1.09. The number of carbonyl (C=O) groups is 2. The van der Waals surface area contributed by atoms with Gasteiger partial charge in [0.15, 0.2) is 5.25 Å². The van der Waals surface area contributed by atoms with Crippen molar-refractivity contribution in [3.8, 4) is 0 Å². The average Bonchev–Trinajstić information content (AvgIpc) is 2.53. The molecule has 1 saturated heterocycles. The van der Waals surface area contributed by atoms with Crippen LogP contribution in [0.25, 0.3) is 0 Å². The molecule has 0 saturated carbocycles. The number of aliphatic carboxylic acids is 1. The summed E-state index contributed by atoms with van der Waals surface area (Å²) < 4.78 is 36.7. The van der Waals surface area contributed by atoms with E-state index >= 15 is 0 Å². The van der Waals surface area contributed by atoms with Gasteiger partial charge in [0.1, 0.15) is 31.0 Å². The third-order valence-corrected chi connectivity index (χ3v) is 4.99. The first-order valence-electron chi connectivity index (χ1n) is 6.96. The van der Waals surface area contributed by atoms with E-state index in [9.17, 15) is 43.0 Å². The van der Waals surface area contributed by atoms with Crippen LogP contribution >= 0.6 is 0 Å². The van der Waals surface area contributed by atoms with E-state index in [1.807, 2.05) is 5.32 Å². The van der Waals surface area contributed by atoms with E-state index in [1.54, 1.807) is 0 Å². The molecule has 0 radical (unpaired) electrons. The van der Waals surface area contributed by atoms with E-state index in [1.165, 1.54) is 0 Å². The number of carboxylic acid groups (broad SMARTS) is 1. The van der Waals surface area contributed by atoms with Crippen LogP contribution in [0.3, 0.4) is 0 Å². The van der Waals surface area contributed by atoms with Gasteiger partial charge in [-0.25, -0.2) is 4.79 Å². The van der Waals surface area contributed by atoms with Crippen molar-refractivity contribution in [3.05, 3.63) is 0 Å². The summed E-state index contributed by atoms with van der Waals surface area (Å²) in [5.41, 5.74) is 0. The molecule has 0 aromatic rings. The maximum Gasteiger partial charge on any atom is 0.365 e. The van der Waals surface area contributed by atoms with Gasteiger partial charge in [-0.15, -0.1) is 0 Å².